The van der Waals surface area contributed by atoms with Crippen molar-refractivity contribution in [1.82, 2.24) is 9.38 Å². The van der Waals surface area contributed by atoms with Crippen LogP contribution in [-0.2, 0) is 5.21 Å². The van der Waals surface area contributed by atoms with E-state index >= 15 is 0 Å². The van der Waals surface area contributed by atoms with E-state index in [2.05, 4.69) is 126 Å². The van der Waals surface area contributed by atoms with Crippen LogP contribution in [0.5, 0.6) is 0 Å². The highest BCUT2D eigenvalue weighted by Gasteiger charge is 2.34. The van der Waals surface area contributed by atoms with Crippen LogP contribution in [0.15, 0.2) is 91.1 Å². The van der Waals surface area contributed by atoms with Crippen molar-refractivity contribution in [3.8, 4) is 11.3 Å². The van der Waals surface area contributed by atoms with Gasteiger partial charge in [0.25, 0.3) is 0 Å². The summed E-state index contributed by atoms with van der Waals surface area (Å²) in [5.41, 5.74) is 7.55. The third-order valence-electron chi connectivity index (χ3n) is 8.88. The standard InChI is InChI=1S/C32H28B2N2/c1-31(2,3)32(33,34)19-16-17-35-26(18-19)21-9-6-10-23-20(21)14-15-28-29(23)25-12-7-11-24-22-8-4-5-13-27(22)36(28)30(24)25/h4-18H,33-34H2,1-3H3. The van der Waals surface area contributed by atoms with E-state index in [0.717, 1.165) is 5.69 Å². The zero-order valence-corrected chi connectivity index (χ0v) is 21.6. The molecule has 36 heavy (non-hydrogen) atoms. The summed E-state index contributed by atoms with van der Waals surface area (Å²) in [6.07, 6.45) is 1.98. The molecule has 0 N–H and O–H groups in total. The third-order valence-corrected chi connectivity index (χ3v) is 8.88. The normalized spacial score (nSPS) is 13.1. The lowest BCUT2D eigenvalue weighted by Gasteiger charge is -2.40. The quantitative estimate of drug-likeness (QED) is 0.268. The van der Waals surface area contributed by atoms with E-state index in [1.807, 2.05) is 6.20 Å². The Morgan fingerprint density at radius 1 is 0.667 bits per heavy atom. The molecule has 4 aromatic carbocycles. The summed E-state index contributed by atoms with van der Waals surface area (Å²) < 4.78 is 2.45. The highest BCUT2D eigenvalue weighted by Crippen LogP contribution is 2.43. The lowest BCUT2D eigenvalue weighted by Crippen LogP contribution is -2.41. The molecular formula is C32H28B2N2. The lowest BCUT2D eigenvalue weighted by atomic mass is 9.41. The Morgan fingerprint density at radius 3 is 2.22 bits per heavy atom. The van der Waals surface area contributed by atoms with Gasteiger partial charge in [-0.25, -0.2) is 0 Å². The van der Waals surface area contributed by atoms with Gasteiger partial charge in [-0.1, -0.05) is 92.2 Å². The van der Waals surface area contributed by atoms with Gasteiger partial charge >= 0.3 is 0 Å². The Bertz CT molecular complexity index is 1960. The molecule has 4 heteroatoms. The molecule has 0 fully saturated rings. The molecule has 0 amide bonds. The number of para-hydroxylation sites is 2. The van der Waals surface area contributed by atoms with Crippen LogP contribution in [0.3, 0.4) is 0 Å². The van der Waals surface area contributed by atoms with Crippen LogP contribution in [0, 0.1) is 5.41 Å². The number of aromatic nitrogens is 2. The van der Waals surface area contributed by atoms with Crippen molar-refractivity contribution in [2.24, 2.45) is 5.41 Å². The summed E-state index contributed by atoms with van der Waals surface area (Å²) in [7, 11) is 4.67. The van der Waals surface area contributed by atoms with E-state index in [0.29, 0.717) is 0 Å². The number of benzene rings is 4. The molecule has 3 aromatic heterocycles. The number of rotatable bonds is 2. The molecule has 7 aromatic rings. The smallest absolute Gasteiger partial charge is 0.105 e. The summed E-state index contributed by atoms with van der Waals surface area (Å²) in [6, 6.07) is 31.2. The zero-order valence-electron chi connectivity index (χ0n) is 21.6. The molecule has 2 nitrogen and oxygen atoms in total. The minimum Gasteiger partial charge on any atom is -0.308 e. The first-order valence-electron chi connectivity index (χ1n) is 12.8. The van der Waals surface area contributed by atoms with Gasteiger partial charge in [0.05, 0.1) is 22.2 Å². The fourth-order valence-corrected chi connectivity index (χ4v) is 5.91. The Morgan fingerprint density at radius 2 is 1.39 bits per heavy atom. The van der Waals surface area contributed by atoms with Gasteiger partial charge in [-0.2, -0.15) is 0 Å². The van der Waals surface area contributed by atoms with Crippen LogP contribution < -0.4 is 0 Å². The lowest BCUT2D eigenvalue weighted by molar-refractivity contribution is 0.358. The van der Waals surface area contributed by atoms with Crippen LogP contribution >= 0.6 is 0 Å². The van der Waals surface area contributed by atoms with Crippen molar-refractivity contribution in [3.05, 3.63) is 96.7 Å². The molecule has 0 radical (unpaired) electrons. The maximum absolute atomic E-state index is 4.85. The predicted octanol–water partition coefficient (Wildman–Crippen LogP) is 6.52. The maximum Gasteiger partial charge on any atom is 0.105 e. The molecule has 0 aliphatic heterocycles. The zero-order chi connectivity index (χ0) is 24.8. The molecule has 0 aliphatic carbocycles. The monoisotopic (exact) mass is 462 g/mol. The first-order chi connectivity index (χ1) is 17.3. The molecule has 0 atom stereocenters. The van der Waals surface area contributed by atoms with Crippen molar-refractivity contribution in [1.29, 1.82) is 0 Å². The number of hydrogen-bond acceptors (Lipinski definition) is 1. The molecule has 0 bridgehead atoms. The third kappa shape index (κ3) is 2.73. The Hall–Kier alpha value is -3.78. The maximum atomic E-state index is 4.85. The van der Waals surface area contributed by atoms with Gasteiger partial charge in [0.1, 0.15) is 15.7 Å². The number of nitrogens with zero attached hydrogens (tertiary/aromatic N) is 2. The Balaban J connectivity index is 1.54. The van der Waals surface area contributed by atoms with E-state index in [1.165, 1.54) is 60.0 Å². The average molecular weight is 462 g/mol. The van der Waals surface area contributed by atoms with Crippen molar-refractivity contribution in [2.75, 3.05) is 0 Å². The van der Waals surface area contributed by atoms with Gasteiger partial charge in [0, 0.05) is 33.3 Å². The average Bonchev–Trinajstić information content (AvgIpc) is 3.40. The summed E-state index contributed by atoms with van der Waals surface area (Å²) in [6.45, 7) is 6.94. The van der Waals surface area contributed by atoms with E-state index in [9.17, 15) is 0 Å². The summed E-state index contributed by atoms with van der Waals surface area (Å²) >= 11 is 0. The minimum atomic E-state index is 0.0246. The molecule has 3 heterocycles. The molecule has 0 unspecified atom stereocenters. The van der Waals surface area contributed by atoms with Crippen LogP contribution in [0.25, 0.3) is 60.1 Å². The van der Waals surface area contributed by atoms with E-state index < -0.39 is 0 Å². The van der Waals surface area contributed by atoms with Gasteiger partial charge in [-0.15, -0.1) is 0 Å². The molecule has 172 valence electrons. The largest absolute Gasteiger partial charge is 0.308 e. The Labute approximate surface area is 213 Å². The van der Waals surface area contributed by atoms with Crippen molar-refractivity contribution < 1.29 is 0 Å². The molecule has 0 saturated carbocycles. The fourth-order valence-electron chi connectivity index (χ4n) is 5.91. The molecule has 0 saturated heterocycles. The van der Waals surface area contributed by atoms with E-state index in [-0.39, 0.29) is 10.6 Å². The highest BCUT2D eigenvalue weighted by atomic mass is 14.9. The van der Waals surface area contributed by atoms with Gasteiger partial charge < -0.3 is 4.40 Å². The van der Waals surface area contributed by atoms with E-state index in [1.54, 1.807) is 0 Å². The number of fused-ring (bicyclic) bond motifs is 8. The highest BCUT2D eigenvalue weighted by molar-refractivity contribution is 6.40. The molecular weight excluding hydrogens is 434 g/mol. The first-order valence-corrected chi connectivity index (χ1v) is 12.8. The summed E-state index contributed by atoms with van der Waals surface area (Å²) in [5.74, 6) is 0. The second-order valence-corrected chi connectivity index (χ2v) is 11.7. The van der Waals surface area contributed by atoms with Gasteiger partial charge in [0.2, 0.25) is 0 Å². The van der Waals surface area contributed by atoms with E-state index in [4.69, 9.17) is 4.98 Å². The van der Waals surface area contributed by atoms with Gasteiger partial charge in [0.15, 0.2) is 0 Å². The molecule has 7 rings (SSSR count). The second-order valence-electron chi connectivity index (χ2n) is 11.7. The minimum absolute atomic E-state index is 0.0246. The van der Waals surface area contributed by atoms with Gasteiger partial charge in [-0.05, 0) is 40.5 Å². The van der Waals surface area contributed by atoms with Crippen molar-refractivity contribution >= 4 is 64.6 Å². The predicted molar refractivity (Wildman–Crippen MR) is 160 cm³/mol. The Kier molecular flexibility index (Phi) is 4.26. The molecule has 0 aliphatic rings. The van der Waals surface area contributed by atoms with Crippen molar-refractivity contribution in [3.63, 3.8) is 0 Å². The summed E-state index contributed by atoms with van der Waals surface area (Å²) in [4.78, 5) is 4.85. The van der Waals surface area contributed by atoms with Crippen LogP contribution in [0.2, 0.25) is 0 Å². The fraction of sp³-hybridized carbons (Fsp3) is 0.156. The van der Waals surface area contributed by atoms with Crippen LogP contribution in [0.4, 0.5) is 0 Å². The van der Waals surface area contributed by atoms with Crippen molar-refractivity contribution in [2.45, 2.75) is 26.0 Å². The number of pyridine rings is 1. The van der Waals surface area contributed by atoms with Gasteiger partial charge in [-0.3, -0.25) is 4.98 Å². The molecule has 0 spiro atoms. The van der Waals surface area contributed by atoms with Crippen LogP contribution in [-0.4, -0.2) is 25.1 Å². The van der Waals surface area contributed by atoms with Crippen LogP contribution in [0.1, 0.15) is 26.3 Å². The topological polar surface area (TPSA) is 17.3 Å². The summed E-state index contributed by atoms with van der Waals surface area (Å²) in [5, 5.41) is 7.84. The second kappa shape index (κ2) is 7.13. The SMILES string of the molecule is BC(B)(c1ccnc(-c2cccc3c2ccc2c3c3cccc4c5ccccc5n2c43)c1)C(C)(C)C. The first kappa shape index (κ1) is 21.5. The number of hydrogen-bond donors (Lipinski definition) is 0.